The number of anilines is 2. The van der Waals surface area contributed by atoms with Gasteiger partial charge in [0.05, 0.1) is 17.8 Å². The first-order valence-electron chi connectivity index (χ1n) is 7.47. The molecule has 0 bridgehead atoms. The molecule has 1 aliphatic rings. The zero-order chi connectivity index (χ0) is 16.6. The molecule has 2 amide bonds. The molecule has 118 valence electrons. The van der Waals surface area contributed by atoms with Crippen LogP contribution < -0.4 is 9.96 Å². The highest BCUT2D eigenvalue weighted by atomic mass is 16.5. The number of hydrogen-bond donors (Lipinski definition) is 1. The maximum absolute atomic E-state index is 12.7. The van der Waals surface area contributed by atoms with Gasteiger partial charge in [0.1, 0.15) is 6.04 Å². The van der Waals surface area contributed by atoms with Crippen molar-refractivity contribution in [2.24, 2.45) is 0 Å². The lowest BCUT2D eigenvalue weighted by Gasteiger charge is -2.23. The number of nitrogens with zero attached hydrogens (tertiary/aromatic N) is 2. The second kappa shape index (κ2) is 5.85. The van der Waals surface area contributed by atoms with Gasteiger partial charge in [-0.2, -0.15) is 0 Å². The van der Waals surface area contributed by atoms with Crippen LogP contribution in [-0.4, -0.2) is 23.1 Å². The molecule has 1 N–H and O–H groups in total. The lowest BCUT2D eigenvalue weighted by molar-refractivity contribution is -0.121. The molecule has 23 heavy (non-hydrogen) atoms. The average Bonchev–Trinajstić information content (AvgIpc) is 2.85. The van der Waals surface area contributed by atoms with Gasteiger partial charge in [-0.3, -0.25) is 14.8 Å². The highest BCUT2D eigenvalue weighted by molar-refractivity contribution is 6.23. The number of aryl methyl sites for hydroxylation is 1. The largest absolute Gasteiger partial charge is 0.288 e. The first-order chi connectivity index (χ1) is 11.0. The van der Waals surface area contributed by atoms with Gasteiger partial charge < -0.3 is 0 Å². The normalized spacial score (nSPS) is 17.7. The van der Waals surface area contributed by atoms with Crippen LogP contribution in [-0.2, 0) is 9.59 Å². The topological polar surface area (TPSA) is 60.9 Å². The number of carbonyl (C=O) groups excluding carboxylic acids is 2. The molecule has 1 heterocycles. The SMILES string of the molecule is Cc1cccc(N2C(=O)C[C@@H](N(O)c3ccccc3)C2=O)c1C. The number of amides is 2. The van der Waals surface area contributed by atoms with Crippen molar-refractivity contribution in [3.05, 3.63) is 59.7 Å². The van der Waals surface area contributed by atoms with Crippen LogP contribution in [0.15, 0.2) is 48.5 Å². The summed E-state index contributed by atoms with van der Waals surface area (Å²) in [5, 5.41) is 11.2. The molecule has 1 fully saturated rings. The van der Waals surface area contributed by atoms with E-state index >= 15 is 0 Å². The Bertz CT molecular complexity index is 758. The lowest BCUT2D eigenvalue weighted by atomic mass is 10.1. The third kappa shape index (κ3) is 2.59. The molecule has 2 aromatic rings. The molecular formula is C18H18N2O3. The number of imide groups is 1. The smallest absolute Gasteiger partial charge is 0.259 e. The molecule has 1 saturated heterocycles. The third-order valence-corrected chi connectivity index (χ3v) is 4.26. The maximum atomic E-state index is 12.7. The molecule has 1 atom stereocenters. The van der Waals surface area contributed by atoms with Crippen LogP contribution in [0.25, 0.3) is 0 Å². The van der Waals surface area contributed by atoms with Gasteiger partial charge in [-0.15, -0.1) is 0 Å². The standard InChI is InChI=1S/C18H18N2O3/c1-12-7-6-10-15(13(12)2)19-17(21)11-16(18(19)22)20(23)14-8-4-3-5-9-14/h3-10,16,23H,11H2,1-2H3/t16-/m1/s1. The van der Waals surface area contributed by atoms with Crippen molar-refractivity contribution in [2.45, 2.75) is 26.3 Å². The maximum Gasteiger partial charge on any atom is 0.259 e. The van der Waals surface area contributed by atoms with Gasteiger partial charge in [-0.1, -0.05) is 30.3 Å². The van der Waals surface area contributed by atoms with Gasteiger partial charge in [-0.05, 0) is 43.2 Å². The Hall–Kier alpha value is -2.66. The van der Waals surface area contributed by atoms with E-state index in [-0.39, 0.29) is 12.3 Å². The third-order valence-electron chi connectivity index (χ3n) is 4.26. The average molecular weight is 310 g/mol. The molecule has 0 saturated carbocycles. The number of rotatable bonds is 3. The van der Waals surface area contributed by atoms with Crippen molar-refractivity contribution in [2.75, 3.05) is 9.96 Å². The summed E-state index contributed by atoms with van der Waals surface area (Å²) < 4.78 is 0. The minimum Gasteiger partial charge on any atom is -0.288 e. The summed E-state index contributed by atoms with van der Waals surface area (Å²) in [5.41, 5.74) is 2.97. The predicted octanol–water partition coefficient (Wildman–Crippen LogP) is 2.83. The van der Waals surface area contributed by atoms with Gasteiger partial charge in [0.2, 0.25) is 5.91 Å². The van der Waals surface area contributed by atoms with E-state index in [1.165, 1.54) is 4.90 Å². The fourth-order valence-electron chi connectivity index (χ4n) is 2.80. The van der Waals surface area contributed by atoms with Crippen molar-refractivity contribution >= 4 is 23.2 Å². The highest BCUT2D eigenvalue weighted by Gasteiger charge is 2.43. The number of hydrogen-bond acceptors (Lipinski definition) is 4. The van der Waals surface area contributed by atoms with Crippen LogP contribution in [0.2, 0.25) is 0 Å². The van der Waals surface area contributed by atoms with Gasteiger partial charge in [0, 0.05) is 0 Å². The summed E-state index contributed by atoms with van der Waals surface area (Å²) in [6.45, 7) is 3.82. The molecule has 5 heteroatoms. The summed E-state index contributed by atoms with van der Waals surface area (Å²) in [4.78, 5) is 26.2. The van der Waals surface area contributed by atoms with E-state index in [9.17, 15) is 14.8 Å². The highest BCUT2D eigenvalue weighted by Crippen LogP contribution is 2.30. The van der Waals surface area contributed by atoms with Crippen molar-refractivity contribution in [3.8, 4) is 0 Å². The van der Waals surface area contributed by atoms with Crippen LogP contribution >= 0.6 is 0 Å². The molecule has 5 nitrogen and oxygen atoms in total. The zero-order valence-corrected chi connectivity index (χ0v) is 13.1. The zero-order valence-electron chi connectivity index (χ0n) is 13.1. The van der Waals surface area contributed by atoms with Crippen LogP contribution in [0.4, 0.5) is 11.4 Å². The van der Waals surface area contributed by atoms with Crippen molar-refractivity contribution in [3.63, 3.8) is 0 Å². The molecule has 1 aliphatic heterocycles. The molecule has 0 spiro atoms. The molecule has 0 aromatic heterocycles. The summed E-state index contributed by atoms with van der Waals surface area (Å²) in [6.07, 6.45) is -0.0440. The van der Waals surface area contributed by atoms with E-state index in [2.05, 4.69) is 0 Å². The minimum atomic E-state index is -0.898. The second-order valence-corrected chi connectivity index (χ2v) is 5.69. The lowest BCUT2D eigenvalue weighted by Crippen LogP contribution is -2.40. The predicted molar refractivity (Wildman–Crippen MR) is 87.5 cm³/mol. The van der Waals surface area contributed by atoms with Crippen molar-refractivity contribution in [1.29, 1.82) is 0 Å². The molecule has 0 unspecified atom stereocenters. The number of carbonyl (C=O) groups is 2. The fourth-order valence-corrected chi connectivity index (χ4v) is 2.80. The Balaban J connectivity index is 1.93. The van der Waals surface area contributed by atoms with E-state index in [0.717, 1.165) is 16.2 Å². The van der Waals surface area contributed by atoms with Crippen LogP contribution in [0, 0.1) is 13.8 Å². The molecule has 2 aromatic carbocycles. The summed E-state index contributed by atoms with van der Waals surface area (Å²) in [7, 11) is 0. The first kappa shape index (κ1) is 15.2. The molecule has 3 rings (SSSR count). The Morgan fingerprint density at radius 3 is 2.43 bits per heavy atom. The van der Waals surface area contributed by atoms with Gasteiger partial charge in [-0.25, -0.2) is 9.96 Å². The van der Waals surface area contributed by atoms with Gasteiger partial charge in [0.25, 0.3) is 5.91 Å². The first-order valence-corrected chi connectivity index (χ1v) is 7.47. The quantitative estimate of drug-likeness (QED) is 0.699. The number of hydroxylamine groups is 1. The van der Waals surface area contributed by atoms with E-state index in [0.29, 0.717) is 11.4 Å². The Morgan fingerprint density at radius 1 is 1.04 bits per heavy atom. The Morgan fingerprint density at radius 2 is 1.74 bits per heavy atom. The van der Waals surface area contributed by atoms with Gasteiger partial charge >= 0.3 is 0 Å². The molecule has 0 radical (unpaired) electrons. The van der Waals surface area contributed by atoms with E-state index < -0.39 is 11.9 Å². The Labute approximate surface area is 134 Å². The van der Waals surface area contributed by atoms with Crippen LogP contribution in [0.5, 0.6) is 0 Å². The number of benzene rings is 2. The number of para-hydroxylation sites is 1. The van der Waals surface area contributed by atoms with Crippen molar-refractivity contribution in [1.82, 2.24) is 0 Å². The van der Waals surface area contributed by atoms with E-state index in [1.807, 2.05) is 32.0 Å². The van der Waals surface area contributed by atoms with Crippen molar-refractivity contribution < 1.29 is 14.8 Å². The van der Waals surface area contributed by atoms with Crippen LogP contribution in [0.3, 0.4) is 0 Å². The molecule has 0 aliphatic carbocycles. The monoisotopic (exact) mass is 310 g/mol. The summed E-state index contributed by atoms with van der Waals surface area (Å²) in [6, 6.07) is 13.3. The summed E-state index contributed by atoms with van der Waals surface area (Å²) in [5.74, 6) is -0.710. The Kier molecular flexibility index (Phi) is 3.88. The molecular weight excluding hydrogens is 292 g/mol. The van der Waals surface area contributed by atoms with E-state index in [4.69, 9.17) is 0 Å². The van der Waals surface area contributed by atoms with Gasteiger partial charge in [0.15, 0.2) is 0 Å². The minimum absolute atomic E-state index is 0.0440. The van der Waals surface area contributed by atoms with E-state index in [1.54, 1.807) is 30.3 Å². The summed E-state index contributed by atoms with van der Waals surface area (Å²) >= 11 is 0. The van der Waals surface area contributed by atoms with Crippen LogP contribution in [0.1, 0.15) is 17.5 Å². The second-order valence-electron chi connectivity index (χ2n) is 5.69. The fraction of sp³-hybridized carbons (Fsp3) is 0.222.